The van der Waals surface area contributed by atoms with Crippen LogP contribution in [0.4, 0.5) is 0 Å². The number of benzene rings is 1. The van der Waals surface area contributed by atoms with Gasteiger partial charge in [0.25, 0.3) is 5.91 Å². The number of morpholine rings is 1. The number of hydrogen-bond donors (Lipinski definition) is 0. The van der Waals surface area contributed by atoms with Gasteiger partial charge in [-0.2, -0.15) is 0 Å². The smallest absolute Gasteiger partial charge is 0.260 e. The molecule has 2 heterocycles. The largest absolute Gasteiger partial charge is 0.466 e. The van der Waals surface area contributed by atoms with Gasteiger partial charge in [0.15, 0.2) is 6.61 Å². The Morgan fingerprint density at radius 1 is 1.43 bits per heavy atom. The fourth-order valence-corrected chi connectivity index (χ4v) is 2.71. The Labute approximate surface area is 130 Å². The van der Waals surface area contributed by atoms with Crippen molar-refractivity contribution in [1.82, 2.24) is 14.7 Å². The quantitative estimate of drug-likeness (QED) is 0.840. The average molecular weight is 354 g/mol. The van der Waals surface area contributed by atoms with Crippen molar-refractivity contribution in [3.8, 4) is 5.88 Å². The van der Waals surface area contributed by atoms with Gasteiger partial charge in [-0.1, -0.05) is 15.9 Å². The summed E-state index contributed by atoms with van der Waals surface area (Å²) in [6.07, 6.45) is 0. The van der Waals surface area contributed by atoms with Gasteiger partial charge < -0.3 is 14.4 Å². The molecule has 1 amide bonds. The van der Waals surface area contributed by atoms with Crippen LogP contribution in [0.1, 0.15) is 0 Å². The molecule has 1 aliphatic heterocycles. The highest BCUT2D eigenvalue weighted by Gasteiger charge is 2.18. The predicted molar refractivity (Wildman–Crippen MR) is 81.3 cm³/mol. The summed E-state index contributed by atoms with van der Waals surface area (Å²) in [6, 6.07) is 5.85. The second kappa shape index (κ2) is 6.03. The third-order valence-corrected chi connectivity index (χ3v) is 3.97. The van der Waals surface area contributed by atoms with Gasteiger partial charge in [0.05, 0.1) is 24.1 Å². The Balaban J connectivity index is 1.73. The molecule has 21 heavy (non-hydrogen) atoms. The Kier molecular flexibility index (Phi) is 4.12. The van der Waals surface area contributed by atoms with Crippen molar-refractivity contribution >= 4 is 32.7 Å². The molecule has 3 rings (SSSR count). The predicted octanol–water partition coefficient (Wildman–Crippen LogP) is 1.57. The van der Waals surface area contributed by atoms with E-state index in [-0.39, 0.29) is 12.5 Å². The lowest BCUT2D eigenvalue weighted by molar-refractivity contribution is -0.137. The van der Waals surface area contributed by atoms with Crippen LogP contribution in [0.3, 0.4) is 0 Å². The maximum absolute atomic E-state index is 12.1. The van der Waals surface area contributed by atoms with Crippen molar-refractivity contribution in [3.05, 3.63) is 22.7 Å². The van der Waals surface area contributed by atoms with Gasteiger partial charge in [-0.15, -0.1) is 5.10 Å². The van der Waals surface area contributed by atoms with Crippen LogP contribution in [-0.2, 0) is 16.6 Å². The van der Waals surface area contributed by atoms with Gasteiger partial charge in [-0.3, -0.25) is 9.48 Å². The zero-order valence-electron chi connectivity index (χ0n) is 11.7. The first-order valence-corrected chi connectivity index (χ1v) is 7.55. The molecule has 0 bridgehead atoms. The minimum atomic E-state index is -0.0351. The summed E-state index contributed by atoms with van der Waals surface area (Å²) in [5, 5.41) is 5.22. The van der Waals surface area contributed by atoms with Crippen LogP contribution in [-0.4, -0.2) is 53.5 Å². The zero-order valence-corrected chi connectivity index (χ0v) is 13.3. The highest BCUT2D eigenvalue weighted by molar-refractivity contribution is 9.10. The van der Waals surface area contributed by atoms with E-state index >= 15 is 0 Å². The molecule has 1 aliphatic rings. The lowest BCUT2D eigenvalue weighted by Crippen LogP contribution is -2.43. The number of aromatic nitrogens is 2. The molecule has 0 N–H and O–H groups in total. The molecular weight excluding hydrogens is 338 g/mol. The van der Waals surface area contributed by atoms with E-state index in [1.165, 1.54) is 0 Å². The standard InChI is InChI=1S/C14H16BrN3O3/c1-17-12-3-2-10(15)8-11(12)14(16-17)21-9-13(19)18-4-6-20-7-5-18/h2-3,8H,4-7,9H2,1H3. The summed E-state index contributed by atoms with van der Waals surface area (Å²) in [7, 11) is 1.85. The van der Waals surface area contributed by atoms with Crippen molar-refractivity contribution < 1.29 is 14.3 Å². The lowest BCUT2D eigenvalue weighted by atomic mass is 10.2. The molecule has 0 saturated carbocycles. The van der Waals surface area contributed by atoms with Crippen LogP contribution in [0.5, 0.6) is 5.88 Å². The number of aryl methyl sites for hydroxylation is 1. The molecule has 6 nitrogen and oxygen atoms in total. The van der Waals surface area contributed by atoms with Crippen LogP contribution in [0.2, 0.25) is 0 Å². The number of amides is 1. The topological polar surface area (TPSA) is 56.6 Å². The maximum Gasteiger partial charge on any atom is 0.260 e. The summed E-state index contributed by atoms with van der Waals surface area (Å²) in [4.78, 5) is 13.8. The number of ether oxygens (including phenoxy) is 2. The molecule has 1 fully saturated rings. The normalized spacial score (nSPS) is 15.4. The lowest BCUT2D eigenvalue weighted by Gasteiger charge is -2.26. The SMILES string of the molecule is Cn1nc(OCC(=O)N2CCOCC2)c2cc(Br)ccc21. The van der Waals surface area contributed by atoms with Gasteiger partial charge >= 0.3 is 0 Å². The number of carbonyl (C=O) groups is 1. The maximum atomic E-state index is 12.1. The second-order valence-corrected chi connectivity index (χ2v) is 5.79. The van der Waals surface area contributed by atoms with E-state index in [4.69, 9.17) is 9.47 Å². The van der Waals surface area contributed by atoms with Crippen LogP contribution in [0.15, 0.2) is 22.7 Å². The molecule has 2 aromatic rings. The summed E-state index contributed by atoms with van der Waals surface area (Å²) < 4.78 is 13.6. The van der Waals surface area contributed by atoms with Gasteiger partial charge in [0.2, 0.25) is 5.88 Å². The summed E-state index contributed by atoms with van der Waals surface area (Å²) in [5.74, 6) is 0.447. The third kappa shape index (κ3) is 3.03. The first kappa shape index (κ1) is 14.3. The second-order valence-electron chi connectivity index (χ2n) is 4.87. The van der Waals surface area contributed by atoms with Crippen LogP contribution in [0, 0.1) is 0 Å². The molecule has 0 aliphatic carbocycles. The molecule has 112 valence electrons. The van der Waals surface area contributed by atoms with E-state index in [0.29, 0.717) is 32.2 Å². The number of carbonyl (C=O) groups excluding carboxylic acids is 1. The molecule has 1 aromatic carbocycles. The summed E-state index contributed by atoms with van der Waals surface area (Å²) in [5.41, 5.74) is 0.965. The fourth-order valence-electron chi connectivity index (χ4n) is 2.35. The highest BCUT2D eigenvalue weighted by Crippen LogP contribution is 2.27. The average Bonchev–Trinajstić information content (AvgIpc) is 2.81. The van der Waals surface area contributed by atoms with Crippen molar-refractivity contribution in [1.29, 1.82) is 0 Å². The van der Waals surface area contributed by atoms with Crippen LogP contribution < -0.4 is 4.74 Å². The molecule has 0 radical (unpaired) electrons. The Hall–Kier alpha value is -1.60. The Morgan fingerprint density at radius 3 is 2.95 bits per heavy atom. The minimum Gasteiger partial charge on any atom is -0.466 e. The first-order valence-electron chi connectivity index (χ1n) is 6.76. The number of rotatable bonds is 3. The van der Waals surface area contributed by atoms with E-state index < -0.39 is 0 Å². The number of fused-ring (bicyclic) bond motifs is 1. The van der Waals surface area contributed by atoms with Crippen molar-refractivity contribution in [3.63, 3.8) is 0 Å². The Bertz CT molecular complexity index is 665. The Morgan fingerprint density at radius 2 is 2.19 bits per heavy atom. The van der Waals surface area contributed by atoms with Gasteiger partial charge in [0.1, 0.15) is 0 Å². The van der Waals surface area contributed by atoms with Crippen LogP contribution in [0.25, 0.3) is 10.9 Å². The molecule has 1 aromatic heterocycles. The highest BCUT2D eigenvalue weighted by atomic mass is 79.9. The molecule has 1 saturated heterocycles. The molecular formula is C14H16BrN3O3. The first-order chi connectivity index (χ1) is 10.1. The number of halogens is 1. The van der Waals surface area contributed by atoms with E-state index in [1.807, 2.05) is 25.2 Å². The number of hydrogen-bond acceptors (Lipinski definition) is 4. The molecule has 7 heteroatoms. The molecule has 0 unspecified atom stereocenters. The zero-order chi connectivity index (χ0) is 14.8. The molecule has 0 atom stereocenters. The summed E-state index contributed by atoms with van der Waals surface area (Å²) >= 11 is 3.44. The third-order valence-electron chi connectivity index (χ3n) is 3.47. The fraction of sp³-hybridized carbons (Fsp3) is 0.429. The van der Waals surface area contributed by atoms with Crippen molar-refractivity contribution in [2.75, 3.05) is 32.9 Å². The van der Waals surface area contributed by atoms with E-state index in [1.54, 1.807) is 9.58 Å². The van der Waals surface area contributed by atoms with Gasteiger partial charge in [-0.05, 0) is 18.2 Å². The van der Waals surface area contributed by atoms with Gasteiger partial charge in [-0.25, -0.2) is 0 Å². The summed E-state index contributed by atoms with van der Waals surface area (Å²) in [6.45, 7) is 2.42. The van der Waals surface area contributed by atoms with Gasteiger partial charge in [0, 0.05) is 24.6 Å². The number of nitrogens with zero attached hydrogens (tertiary/aromatic N) is 3. The minimum absolute atomic E-state index is 0.00136. The van der Waals surface area contributed by atoms with E-state index in [9.17, 15) is 4.79 Å². The monoisotopic (exact) mass is 353 g/mol. The van der Waals surface area contributed by atoms with Crippen molar-refractivity contribution in [2.45, 2.75) is 0 Å². The van der Waals surface area contributed by atoms with Crippen LogP contribution >= 0.6 is 15.9 Å². The van der Waals surface area contributed by atoms with E-state index in [2.05, 4.69) is 21.0 Å². The molecule has 0 spiro atoms. The van der Waals surface area contributed by atoms with Crippen molar-refractivity contribution in [2.24, 2.45) is 7.05 Å². The van der Waals surface area contributed by atoms with E-state index in [0.717, 1.165) is 15.4 Å².